The third kappa shape index (κ3) is 6.66. The summed E-state index contributed by atoms with van der Waals surface area (Å²) in [6.45, 7) is -1.22. The van der Waals surface area contributed by atoms with E-state index in [2.05, 4.69) is 0 Å². The maximum absolute atomic E-state index is 10.6. The summed E-state index contributed by atoms with van der Waals surface area (Å²) in [6.07, 6.45) is -14.1. The number of fused-ring (bicyclic) bond motifs is 1. The van der Waals surface area contributed by atoms with Crippen LogP contribution >= 0.6 is 0 Å². The molecule has 11 N–H and O–H groups in total. The zero-order valence-electron chi connectivity index (χ0n) is 23.3. The highest BCUT2D eigenvalue weighted by atomic mass is 16.7. The lowest BCUT2D eigenvalue weighted by Gasteiger charge is -2.48. The predicted octanol–water partition coefficient (Wildman–Crippen LogP) is -4.65. The van der Waals surface area contributed by atoms with Gasteiger partial charge in [-0.25, -0.2) is 0 Å². The minimum Gasteiger partial charge on any atom is -0.429 e. The van der Waals surface area contributed by atoms with E-state index >= 15 is 0 Å². The van der Waals surface area contributed by atoms with Crippen LogP contribution < -0.4 is 0 Å². The van der Waals surface area contributed by atoms with Crippen LogP contribution in [0.1, 0.15) is 44.9 Å². The van der Waals surface area contributed by atoms with E-state index in [-0.39, 0.29) is 30.5 Å². The Labute approximate surface area is 243 Å². The molecule has 15 nitrogen and oxygen atoms in total. The number of ether oxygens (including phenoxy) is 5. The summed E-state index contributed by atoms with van der Waals surface area (Å²) in [4.78, 5) is 0. The molecule has 42 heavy (non-hydrogen) atoms. The lowest BCUT2D eigenvalue weighted by Crippen LogP contribution is -2.62. The van der Waals surface area contributed by atoms with Crippen LogP contribution in [0.2, 0.25) is 0 Å². The summed E-state index contributed by atoms with van der Waals surface area (Å²) < 4.78 is 28.6. The molecule has 0 bridgehead atoms. The molecule has 0 spiro atoms. The fraction of sp³-hybridized carbons (Fsp3) is 1.00. The number of aliphatic hydroxyl groups excluding tert-OH is 10. The van der Waals surface area contributed by atoms with E-state index in [4.69, 9.17) is 23.7 Å². The fourth-order valence-electron chi connectivity index (χ4n) is 7.31. The average Bonchev–Trinajstić information content (AvgIpc) is 2.98. The third-order valence-corrected chi connectivity index (χ3v) is 9.85. The van der Waals surface area contributed by atoms with Crippen LogP contribution in [-0.2, 0) is 18.9 Å². The minimum atomic E-state index is -1.62. The molecule has 5 rings (SSSR count). The zero-order valence-corrected chi connectivity index (χ0v) is 23.3. The van der Waals surface area contributed by atoms with Crippen LogP contribution in [0.3, 0.4) is 0 Å². The van der Waals surface area contributed by atoms with Crippen LogP contribution in [0, 0.1) is 11.8 Å². The quantitative estimate of drug-likeness (QED) is 0.122. The van der Waals surface area contributed by atoms with Gasteiger partial charge in [-0.1, -0.05) is 0 Å². The minimum absolute atomic E-state index is 0.0766. The Morgan fingerprint density at radius 2 is 1.17 bits per heavy atom. The number of aliphatic hydroxyl groups is 12. The van der Waals surface area contributed by atoms with Crippen molar-refractivity contribution in [2.75, 3.05) is 13.2 Å². The molecule has 0 amide bonds. The van der Waals surface area contributed by atoms with Gasteiger partial charge in [0, 0.05) is 25.2 Å². The van der Waals surface area contributed by atoms with Crippen LogP contribution in [-0.4, -0.2) is 167 Å². The first-order chi connectivity index (χ1) is 20.0. The molecular formula is C27H47O15+. The molecule has 5 aliphatic rings. The van der Waals surface area contributed by atoms with E-state index in [1.807, 2.05) is 0 Å². The molecule has 5 fully saturated rings. The smallest absolute Gasteiger partial charge is 0.186 e. The van der Waals surface area contributed by atoms with Gasteiger partial charge in [0.2, 0.25) is 0 Å². The van der Waals surface area contributed by atoms with Crippen LogP contribution in [0.25, 0.3) is 0 Å². The Morgan fingerprint density at radius 3 is 1.74 bits per heavy atom. The molecule has 0 aromatic heterocycles. The van der Waals surface area contributed by atoms with E-state index in [1.165, 1.54) is 0 Å². The summed E-state index contributed by atoms with van der Waals surface area (Å²) in [5.41, 5.74) is 0. The maximum atomic E-state index is 10.6. The van der Waals surface area contributed by atoms with Gasteiger partial charge in [0.05, 0.1) is 43.5 Å². The maximum Gasteiger partial charge on any atom is 0.186 e. The lowest BCUT2D eigenvalue weighted by molar-refractivity contribution is -0.348. The van der Waals surface area contributed by atoms with Crippen molar-refractivity contribution in [1.82, 2.24) is 0 Å². The summed E-state index contributed by atoms with van der Waals surface area (Å²) >= 11 is 0. The first-order valence-electron chi connectivity index (χ1n) is 15.0. The number of hydrogen-bond donors (Lipinski definition) is 10. The fourth-order valence-corrected chi connectivity index (χ4v) is 7.31. The van der Waals surface area contributed by atoms with Gasteiger partial charge in [0.1, 0.15) is 48.8 Å². The van der Waals surface area contributed by atoms with E-state index < -0.39 is 99.0 Å². The van der Waals surface area contributed by atoms with Crippen LogP contribution in [0.15, 0.2) is 0 Å². The van der Waals surface area contributed by atoms with Gasteiger partial charge in [-0.15, -0.1) is 0 Å². The zero-order chi connectivity index (χ0) is 30.3. The highest BCUT2D eigenvalue weighted by Gasteiger charge is 2.53. The Kier molecular flexibility index (Phi) is 10.8. The van der Waals surface area contributed by atoms with Crippen molar-refractivity contribution in [3.63, 3.8) is 0 Å². The molecule has 244 valence electrons. The normalized spacial score (nSPS) is 53.9. The molecule has 0 aromatic rings. The number of hydrogen-bond acceptors (Lipinski definition) is 14. The van der Waals surface area contributed by atoms with Crippen molar-refractivity contribution >= 4 is 0 Å². The second-order valence-electron chi connectivity index (χ2n) is 12.5. The highest BCUT2D eigenvalue weighted by Crippen LogP contribution is 2.43. The molecule has 3 saturated heterocycles. The lowest BCUT2D eigenvalue weighted by atomic mass is 9.73. The SMILES string of the molecule is OCC1OC(OC2CC(OC3OC(CO)C(O)C(O)C3O)C3CCC(C4CCC(O)C(O)C4)[OH+]C3C2)C(O)C(O)C1O. The van der Waals surface area contributed by atoms with E-state index in [1.54, 1.807) is 0 Å². The summed E-state index contributed by atoms with van der Waals surface area (Å²) in [5.74, 6) is -0.0664. The molecule has 3 aliphatic heterocycles. The van der Waals surface area contributed by atoms with E-state index in [0.29, 0.717) is 32.1 Å². The largest absolute Gasteiger partial charge is 0.429 e. The molecule has 0 aromatic carbocycles. The Hall–Kier alpha value is -0.600. The Balaban J connectivity index is 1.32. The average molecular weight is 612 g/mol. The molecule has 3 heterocycles. The summed E-state index contributed by atoms with van der Waals surface area (Å²) in [6, 6.07) is 0. The second-order valence-corrected chi connectivity index (χ2v) is 12.5. The number of rotatable bonds is 7. The predicted molar refractivity (Wildman–Crippen MR) is 138 cm³/mol. The first-order valence-corrected chi connectivity index (χ1v) is 15.0. The second kappa shape index (κ2) is 13.8. The topological polar surface area (TPSA) is 252 Å². The van der Waals surface area contributed by atoms with Crippen molar-refractivity contribution in [2.45, 2.75) is 143 Å². The van der Waals surface area contributed by atoms with Gasteiger partial charge >= 0.3 is 0 Å². The van der Waals surface area contributed by atoms with Crippen LogP contribution in [0.4, 0.5) is 0 Å². The molecule has 15 heteroatoms. The molecule has 2 saturated carbocycles. The van der Waals surface area contributed by atoms with Crippen molar-refractivity contribution in [3.05, 3.63) is 0 Å². The van der Waals surface area contributed by atoms with Crippen molar-refractivity contribution in [3.8, 4) is 0 Å². The van der Waals surface area contributed by atoms with Gasteiger partial charge in [-0.05, 0) is 25.7 Å². The molecule has 18 unspecified atom stereocenters. The van der Waals surface area contributed by atoms with Crippen molar-refractivity contribution in [1.29, 1.82) is 0 Å². The standard InChI is InChI=1S/C27H46O15/c28-8-18-20(32)22(34)24(36)26(41-18)38-11-6-16-12(2-4-15(39-16)10-1-3-13(30)14(31)5-10)17(7-11)40-27-25(37)23(35)21(33)19(9-29)42-27/h10-37H,1-9H2/p+1. The molecule has 0 radical (unpaired) electrons. The van der Waals surface area contributed by atoms with Gasteiger partial charge in [-0.3, -0.25) is 0 Å². The van der Waals surface area contributed by atoms with Crippen molar-refractivity contribution < 1.29 is 74.7 Å². The Morgan fingerprint density at radius 1 is 0.571 bits per heavy atom. The molecule has 2 aliphatic carbocycles. The summed E-state index contributed by atoms with van der Waals surface area (Å²) in [7, 11) is 0. The van der Waals surface area contributed by atoms with Gasteiger partial charge < -0.3 is 74.7 Å². The monoisotopic (exact) mass is 611 g/mol. The summed E-state index contributed by atoms with van der Waals surface area (Å²) in [5, 5.41) is 101. The van der Waals surface area contributed by atoms with Gasteiger partial charge in [0.25, 0.3) is 0 Å². The first kappa shape index (κ1) is 32.8. The van der Waals surface area contributed by atoms with Gasteiger partial charge in [-0.2, -0.15) is 0 Å². The van der Waals surface area contributed by atoms with E-state index in [0.717, 1.165) is 6.42 Å². The van der Waals surface area contributed by atoms with E-state index in [9.17, 15) is 51.1 Å². The van der Waals surface area contributed by atoms with Crippen molar-refractivity contribution in [2.24, 2.45) is 11.8 Å². The Bertz CT molecular complexity index is 863. The molecule has 18 atom stereocenters. The van der Waals surface area contributed by atoms with Crippen LogP contribution in [0.5, 0.6) is 0 Å². The highest BCUT2D eigenvalue weighted by molar-refractivity contribution is 4.97. The molecular weight excluding hydrogens is 564 g/mol. The van der Waals surface area contributed by atoms with Gasteiger partial charge in [0.15, 0.2) is 24.8 Å². The third-order valence-electron chi connectivity index (χ3n) is 9.85.